The maximum atomic E-state index is 5.95. The predicted octanol–water partition coefficient (Wildman–Crippen LogP) is 4.02. The second-order valence-corrected chi connectivity index (χ2v) is 6.96. The van der Waals surface area contributed by atoms with Crippen molar-refractivity contribution in [3.63, 3.8) is 0 Å². The van der Waals surface area contributed by atoms with Crippen molar-refractivity contribution in [3.05, 3.63) is 27.6 Å². The number of nitrogens with zero attached hydrogens (tertiary/aromatic N) is 2. The van der Waals surface area contributed by atoms with Crippen molar-refractivity contribution in [2.24, 2.45) is 5.92 Å². The van der Waals surface area contributed by atoms with Crippen LogP contribution in [-0.2, 0) is 11.2 Å². The largest absolute Gasteiger partial charge is 0.381 e. The summed E-state index contributed by atoms with van der Waals surface area (Å²) in [6.45, 7) is 4.01. The molecule has 108 valence electrons. The summed E-state index contributed by atoms with van der Waals surface area (Å²) in [6.07, 6.45) is 1.94. The third-order valence-corrected chi connectivity index (χ3v) is 4.96. The van der Waals surface area contributed by atoms with Crippen LogP contribution in [0, 0.1) is 9.49 Å². The third-order valence-electron chi connectivity index (χ3n) is 4.10. The molecule has 2 atom stereocenters. The van der Waals surface area contributed by atoms with Gasteiger partial charge in [0.2, 0.25) is 0 Å². The highest BCUT2D eigenvalue weighted by Gasteiger charge is 2.26. The maximum Gasteiger partial charge on any atom is 0.111 e. The van der Waals surface area contributed by atoms with E-state index in [1.807, 2.05) is 0 Å². The second-order valence-electron chi connectivity index (χ2n) is 5.33. The molecule has 2 heterocycles. The topological polar surface area (TPSA) is 27.1 Å². The van der Waals surface area contributed by atoms with Crippen LogP contribution in [0.3, 0.4) is 0 Å². The van der Waals surface area contributed by atoms with Crippen molar-refractivity contribution < 1.29 is 4.74 Å². The van der Waals surface area contributed by atoms with Gasteiger partial charge < -0.3 is 9.30 Å². The number of halogens is 2. The molecule has 1 aromatic carbocycles. The van der Waals surface area contributed by atoms with Crippen LogP contribution < -0.4 is 0 Å². The Bertz CT molecular complexity index is 607. The molecule has 0 amide bonds. The highest BCUT2D eigenvalue weighted by molar-refractivity contribution is 14.1. The number of hydrogen-bond acceptors (Lipinski definition) is 2. The fraction of sp³-hybridized carbons (Fsp3) is 0.533. The van der Waals surface area contributed by atoms with Gasteiger partial charge in [-0.05, 0) is 54.1 Å². The molecule has 2 unspecified atom stereocenters. The minimum atomic E-state index is 0.403. The van der Waals surface area contributed by atoms with Crippen molar-refractivity contribution >= 4 is 45.2 Å². The number of imidazole rings is 1. The average Bonchev–Trinajstić information content (AvgIpc) is 3.05. The third kappa shape index (κ3) is 2.70. The van der Waals surface area contributed by atoms with Crippen molar-refractivity contribution in [1.82, 2.24) is 9.55 Å². The zero-order chi connectivity index (χ0) is 14.1. The molecular formula is C15H18ClIN2O. The van der Waals surface area contributed by atoms with Crippen LogP contribution in [0.4, 0.5) is 0 Å². The van der Waals surface area contributed by atoms with Gasteiger partial charge in [-0.3, -0.25) is 0 Å². The number of alkyl halides is 1. The number of hydrogen-bond donors (Lipinski definition) is 0. The van der Waals surface area contributed by atoms with Gasteiger partial charge in [-0.2, -0.15) is 0 Å². The Morgan fingerprint density at radius 3 is 3.10 bits per heavy atom. The molecule has 0 N–H and O–H groups in total. The quantitative estimate of drug-likeness (QED) is 0.568. The lowest BCUT2D eigenvalue weighted by atomic mass is 10.00. The highest BCUT2D eigenvalue weighted by Crippen LogP contribution is 2.31. The van der Waals surface area contributed by atoms with E-state index in [1.165, 1.54) is 9.09 Å². The van der Waals surface area contributed by atoms with E-state index in [0.29, 0.717) is 17.8 Å². The number of benzene rings is 1. The molecule has 1 aliphatic rings. The Balaban J connectivity index is 2.07. The van der Waals surface area contributed by atoms with E-state index in [1.54, 1.807) is 0 Å². The molecule has 0 radical (unpaired) electrons. The number of rotatable bonds is 4. The lowest BCUT2D eigenvalue weighted by Crippen LogP contribution is -2.19. The molecule has 2 aromatic rings. The molecule has 0 saturated carbocycles. The lowest BCUT2D eigenvalue weighted by Gasteiger charge is -2.22. The maximum absolute atomic E-state index is 5.95. The summed E-state index contributed by atoms with van der Waals surface area (Å²) in [7, 11) is 0. The Kier molecular flexibility index (Phi) is 4.52. The van der Waals surface area contributed by atoms with E-state index < -0.39 is 0 Å². The van der Waals surface area contributed by atoms with E-state index in [4.69, 9.17) is 21.3 Å². The van der Waals surface area contributed by atoms with Crippen LogP contribution in [-0.4, -0.2) is 28.6 Å². The van der Waals surface area contributed by atoms with E-state index in [-0.39, 0.29) is 0 Å². The van der Waals surface area contributed by atoms with E-state index in [0.717, 1.165) is 37.4 Å². The van der Waals surface area contributed by atoms with Gasteiger partial charge in [-0.15, -0.1) is 11.6 Å². The normalized spacial score (nSPS) is 20.6. The number of aromatic nitrogens is 2. The molecule has 0 aliphatic carbocycles. The Labute approximate surface area is 137 Å². The first-order valence-corrected chi connectivity index (χ1v) is 8.62. The van der Waals surface area contributed by atoms with E-state index >= 15 is 0 Å². The van der Waals surface area contributed by atoms with Crippen LogP contribution in [0.5, 0.6) is 0 Å². The first-order valence-electron chi connectivity index (χ1n) is 7.00. The van der Waals surface area contributed by atoms with Crippen LogP contribution in [0.25, 0.3) is 11.0 Å². The fourth-order valence-electron chi connectivity index (χ4n) is 2.98. The standard InChI is InChI=1S/C15H18ClIN2O/c1-10(11-5-7-20-9-11)19-14-3-2-12(17)8-13(14)18-15(19)4-6-16/h2-3,8,10-11H,4-7,9H2,1H3. The second kappa shape index (κ2) is 6.20. The molecule has 1 aliphatic heterocycles. The molecule has 20 heavy (non-hydrogen) atoms. The van der Waals surface area contributed by atoms with Crippen LogP contribution in [0.15, 0.2) is 18.2 Å². The zero-order valence-corrected chi connectivity index (χ0v) is 14.4. The van der Waals surface area contributed by atoms with Crippen molar-refractivity contribution in [1.29, 1.82) is 0 Å². The Morgan fingerprint density at radius 2 is 2.40 bits per heavy atom. The lowest BCUT2D eigenvalue weighted by molar-refractivity contribution is 0.175. The van der Waals surface area contributed by atoms with Crippen molar-refractivity contribution in [2.45, 2.75) is 25.8 Å². The molecule has 0 bridgehead atoms. The summed E-state index contributed by atoms with van der Waals surface area (Å²) in [5, 5.41) is 0. The van der Waals surface area contributed by atoms with Gasteiger partial charge in [0.1, 0.15) is 5.82 Å². The molecule has 1 aromatic heterocycles. The van der Waals surface area contributed by atoms with Gasteiger partial charge in [0.25, 0.3) is 0 Å². The van der Waals surface area contributed by atoms with Gasteiger partial charge in [0.15, 0.2) is 0 Å². The summed E-state index contributed by atoms with van der Waals surface area (Å²) in [6, 6.07) is 6.86. The summed E-state index contributed by atoms with van der Waals surface area (Å²) >= 11 is 8.28. The summed E-state index contributed by atoms with van der Waals surface area (Å²) < 4.78 is 9.13. The SMILES string of the molecule is CC(C1CCOC1)n1c(CCCl)nc2cc(I)ccc21. The fourth-order valence-corrected chi connectivity index (χ4v) is 3.62. The molecular weight excluding hydrogens is 387 g/mol. The molecule has 3 rings (SSSR count). The van der Waals surface area contributed by atoms with Crippen LogP contribution in [0.2, 0.25) is 0 Å². The first-order chi connectivity index (χ1) is 9.70. The van der Waals surface area contributed by atoms with Gasteiger partial charge in [0.05, 0.1) is 17.6 Å². The van der Waals surface area contributed by atoms with Crippen molar-refractivity contribution in [2.75, 3.05) is 19.1 Å². The minimum Gasteiger partial charge on any atom is -0.381 e. The molecule has 5 heteroatoms. The molecule has 1 saturated heterocycles. The molecule has 0 spiro atoms. The summed E-state index contributed by atoms with van der Waals surface area (Å²) in [5.74, 6) is 2.27. The monoisotopic (exact) mass is 404 g/mol. The first kappa shape index (κ1) is 14.6. The van der Waals surface area contributed by atoms with Crippen LogP contribution in [0.1, 0.15) is 25.2 Å². The van der Waals surface area contributed by atoms with E-state index in [2.05, 4.69) is 52.3 Å². The van der Waals surface area contributed by atoms with Gasteiger partial charge in [-0.25, -0.2) is 4.98 Å². The van der Waals surface area contributed by atoms with Gasteiger partial charge in [0, 0.05) is 34.4 Å². The van der Waals surface area contributed by atoms with Gasteiger partial charge in [-0.1, -0.05) is 0 Å². The highest BCUT2D eigenvalue weighted by atomic mass is 127. The Morgan fingerprint density at radius 1 is 1.55 bits per heavy atom. The van der Waals surface area contributed by atoms with E-state index in [9.17, 15) is 0 Å². The Hall–Kier alpha value is -0.330. The predicted molar refractivity (Wildman–Crippen MR) is 90.5 cm³/mol. The smallest absolute Gasteiger partial charge is 0.111 e. The number of ether oxygens (including phenoxy) is 1. The average molecular weight is 405 g/mol. The van der Waals surface area contributed by atoms with Gasteiger partial charge >= 0.3 is 0 Å². The number of fused-ring (bicyclic) bond motifs is 1. The van der Waals surface area contributed by atoms with Crippen molar-refractivity contribution in [3.8, 4) is 0 Å². The minimum absolute atomic E-state index is 0.403. The summed E-state index contributed by atoms with van der Waals surface area (Å²) in [5.41, 5.74) is 2.28. The summed E-state index contributed by atoms with van der Waals surface area (Å²) in [4.78, 5) is 4.79. The zero-order valence-electron chi connectivity index (χ0n) is 11.5. The molecule has 3 nitrogen and oxygen atoms in total. The number of aryl methyl sites for hydroxylation is 1. The molecule has 1 fully saturated rings. The van der Waals surface area contributed by atoms with Crippen LogP contribution >= 0.6 is 34.2 Å².